The highest BCUT2D eigenvalue weighted by atomic mass is 35.5. The Kier molecular flexibility index (Phi) is 4.22. The molecule has 0 atom stereocenters. The van der Waals surface area contributed by atoms with Gasteiger partial charge < -0.3 is 15.4 Å². The molecule has 1 rings (SSSR count). The van der Waals surface area contributed by atoms with Crippen LogP contribution in [0.2, 0.25) is 0 Å². The number of morpholine rings is 1. The van der Waals surface area contributed by atoms with Crippen LogP contribution in [0.5, 0.6) is 0 Å². The molecule has 0 saturated carbocycles. The first-order chi connectivity index (χ1) is 6.66. The van der Waals surface area contributed by atoms with Crippen molar-refractivity contribution >= 4 is 17.4 Å². The lowest BCUT2D eigenvalue weighted by atomic mass is 10.3. The smallest absolute Gasteiger partial charge is 0.144 e. The largest absolute Gasteiger partial charge is 0.401 e. The van der Waals surface area contributed by atoms with Gasteiger partial charge in [-0.3, -0.25) is 4.99 Å². The van der Waals surface area contributed by atoms with Crippen LogP contribution in [0.1, 0.15) is 6.92 Å². The highest BCUT2D eigenvalue weighted by molar-refractivity contribution is 6.43. The molecule has 0 aromatic carbocycles. The first-order valence-corrected chi connectivity index (χ1v) is 4.96. The van der Waals surface area contributed by atoms with E-state index in [0.717, 1.165) is 18.9 Å². The molecule has 0 unspecified atom stereocenters. The minimum absolute atomic E-state index is 0.536. The maximum absolute atomic E-state index is 6.06. The fraction of sp³-hybridized carbons (Fsp3) is 0.667. The van der Waals surface area contributed by atoms with Crippen molar-refractivity contribution in [2.24, 2.45) is 10.7 Å². The van der Waals surface area contributed by atoms with Gasteiger partial charge in [0.25, 0.3) is 0 Å². The van der Waals surface area contributed by atoms with Crippen LogP contribution in [0.3, 0.4) is 0 Å². The van der Waals surface area contributed by atoms with Gasteiger partial charge in [0, 0.05) is 25.8 Å². The molecular weight excluding hydrogens is 202 g/mol. The number of allylic oxidation sites excluding steroid dienone is 1. The van der Waals surface area contributed by atoms with Gasteiger partial charge in [0.1, 0.15) is 10.9 Å². The first-order valence-electron chi connectivity index (χ1n) is 4.58. The lowest BCUT2D eigenvalue weighted by molar-refractivity contribution is 0.0683. The van der Waals surface area contributed by atoms with Gasteiger partial charge in [0.05, 0.1) is 13.2 Å². The minimum Gasteiger partial charge on any atom is -0.401 e. The Labute approximate surface area is 89.4 Å². The molecule has 1 heterocycles. The molecule has 1 fully saturated rings. The zero-order valence-electron chi connectivity index (χ0n) is 8.59. The molecular formula is C9H16ClN3O. The summed E-state index contributed by atoms with van der Waals surface area (Å²) in [5.74, 6) is 0.759. The summed E-state index contributed by atoms with van der Waals surface area (Å²) in [4.78, 5) is 6.24. The second-order valence-electron chi connectivity index (χ2n) is 3.14. The van der Waals surface area contributed by atoms with E-state index in [1.165, 1.54) is 0 Å². The number of amidine groups is 1. The summed E-state index contributed by atoms with van der Waals surface area (Å²) in [6, 6.07) is 0. The standard InChI is InChI=1S/C9H16ClN3O/c1-7(11)8(10)9(12-2)13-3-5-14-6-4-13/h3-6,11H2,1-2H3. The fourth-order valence-electron chi connectivity index (χ4n) is 1.33. The third-order valence-electron chi connectivity index (χ3n) is 2.06. The Morgan fingerprint density at radius 3 is 2.43 bits per heavy atom. The minimum atomic E-state index is 0.536. The van der Waals surface area contributed by atoms with Crippen LogP contribution in [-0.4, -0.2) is 44.1 Å². The number of nitrogens with two attached hydrogens (primary N) is 1. The molecule has 0 aliphatic carbocycles. The van der Waals surface area contributed by atoms with Gasteiger partial charge in [0.2, 0.25) is 0 Å². The van der Waals surface area contributed by atoms with Gasteiger partial charge in [0.15, 0.2) is 0 Å². The van der Waals surface area contributed by atoms with Gasteiger partial charge in [-0.15, -0.1) is 0 Å². The molecule has 1 aliphatic heterocycles. The Morgan fingerprint density at radius 1 is 1.43 bits per heavy atom. The monoisotopic (exact) mass is 217 g/mol. The molecule has 1 aliphatic rings. The quantitative estimate of drug-likeness (QED) is 0.522. The van der Waals surface area contributed by atoms with Crippen molar-refractivity contribution < 1.29 is 4.74 Å². The van der Waals surface area contributed by atoms with Gasteiger partial charge >= 0.3 is 0 Å². The van der Waals surface area contributed by atoms with Crippen LogP contribution in [0.15, 0.2) is 15.7 Å². The van der Waals surface area contributed by atoms with Crippen LogP contribution < -0.4 is 5.73 Å². The summed E-state index contributed by atoms with van der Waals surface area (Å²) >= 11 is 6.06. The number of rotatable bonds is 1. The molecule has 0 bridgehead atoms. The number of aliphatic imine (C=N–C) groups is 1. The third-order valence-corrected chi connectivity index (χ3v) is 2.53. The van der Waals surface area contributed by atoms with E-state index in [2.05, 4.69) is 9.89 Å². The van der Waals surface area contributed by atoms with Crippen LogP contribution in [0.4, 0.5) is 0 Å². The lowest BCUT2D eigenvalue weighted by Gasteiger charge is -2.29. The molecule has 0 amide bonds. The molecule has 4 nitrogen and oxygen atoms in total. The maximum Gasteiger partial charge on any atom is 0.144 e. The topological polar surface area (TPSA) is 50.8 Å². The van der Waals surface area contributed by atoms with Crippen molar-refractivity contribution in [2.45, 2.75) is 6.92 Å². The maximum atomic E-state index is 6.06. The van der Waals surface area contributed by atoms with Crippen molar-refractivity contribution in [3.8, 4) is 0 Å². The summed E-state index contributed by atoms with van der Waals surface area (Å²) in [6.45, 7) is 4.83. The van der Waals surface area contributed by atoms with Gasteiger partial charge in [-0.1, -0.05) is 11.6 Å². The second kappa shape index (κ2) is 5.22. The Morgan fingerprint density at radius 2 is 2.00 bits per heavy atom. The average Bonchev–Trinajstić information content (AvgIpc) is 2.20. The Balaban J connectivity index is 2.76. The fourth-order valence-corrected chi connectivity index (χ4v) is 1.53. The molecule has 2 N–H and O–H groups in total. The van der Waals surface area contributed by atoms with Gasteiger partial charge in [-0.05, 0) is 6.92 Å². The Hall–Kier alpha value is -0.740. The van der Waals surface area contributed by atoms with Gasteiger partial charge in [-0.25, -0.2) is 0 Å². The SMILES string of the molecule is CN=C(C(Cl)=C(C)N)N1CCOCC1. The highest BCUT2D eigenvalue weighted by Crippen LogP contribution is 2.12. The van der Waals surface area contributed by atoms with E-state index in [4.69, 9.17) is 22.1 Å². The van der Waals surface area contributed by atoms with Crippen LogP contribution in [-0.2, 0) is 4.74 Å². The molecule has 80 valence electrons. The second-order valence-corrected chi connectivity index (χ2v) is 3.52. The van der Waals surface area contributed by atoms with E-state index in [1.54, 1.807) is 14.0 Å². The average molecular weight is 218 g/mol. The van der Waals surface area contributed by atoms with E-state index in [9.17, 15) is 0 Å². The van der Waals surface area contributed by atoms with E-state index in [-0.39, 0.29) is 0 Å². The van der Waals surface area contributed by atoms with Crippen molar-refractivity contribution in [3.05, 3.63) is 10.7 Å². The molecule has 0 aromatic heterocycles. The summed E-state index contributed by atoms with van der Waals surface area (Å²) in [7, 11) is 1.72. The van der Waals surface area contributed by atoms with Crippen LogP contribution >= 0.6 is 11.6 Å². The summed E-state index contributed by atoms with van der Waals surface area (Å²) in [5, 5.41) is 0.536. The van der Waals surface area contributed by atoms with E-state index < -0.39 is 0 Å². The molecule has 14 heavy (non-hydrogen) atoms. The summed E-state index contributed by atoms with van der Waals surface area (Å²) < 4.78 is 5.25. The van der Waals surface area contributed by atoms with E-state index >= 15 is 0 Å². The summed E-state index contributed by atoms with van der Waals surface area (Å²) in [6.07, 6.45) is 0. The molecule has 0 aromatic rings. The summed E-state index contributed by atoms with van der Waals surface area (Å²) in [5.41, 5.74) is 6.22. The normalized spacial score (nSPS) is 20.8. The van der Waals surface area contributed by atoms with Crippen molar-refractivity contribution in [3.63, 3.8) is 0 Å². The molecule has 0 spiro atoms. The zero-order valence-corrected chi connectivity index (χ0v) is 9.34. The number of ether oxygens (including phenoxy) is 1. The van der Waals surface area contributed by atoms with Gasteiger partial charge in [-0.2, -0.15) is 0 Å². The molecule has 0 radical (unpaired) electrons. The molecule has 5 heteroatoms. The third kappa shape index (κ3) is 2.62. The number of hydrogen-bond acceptors (Lipinski definition) is 3. The number of nitrogens with zero attached hydrogens (tertiary/aromatic N) is 2. The number of halogens is 1. The highest BCUT2D eigenvalue weighted by Gasteiger charge is 2.17. The zero-order chi connectivity index (χ0) is 10.6. The van der Waals surface area contributed by atoms with Crippen molar-refractivity contribution in [1.82, 2.24) is 4.90 Å². The predicted molar refractivity (Wildman–Crippen MR) is 58.5 cm³/mol. The van der Waals surface area contributed by atoms with E-state index in [1.807, 2.05) is 0 Å². The van der Waals surface area contributed by atoms with Crippen LogP contribution in [0, 0.1) is 0 Å². The van der Waals surface area contributed by atoms with E-state index in [0.29, 0.717) is 23.9 Å². The Bertz CT molecular complexity index is 253. The number of hydrogen-bond donors (Lipinski definition) is 1. The lowest BCUT2D eigenvalue weighted by Crippen LogP contribution is -2.41. The van der Waals surface area contributed by atoms with Crippen molar-refractivity contribution in [2.75, 3.05) is 33.4 Å². The molecule has 1 saturated heterocycles. The predicted octanol–water partition coefficient (Wildman–Crippen LogP) is 0.776. The van der Waals surface area contributed by atoms with Crippen molar-refractivity contribution in [1.29, 1.82) is 0 Å². The first kappa shape index (κ1) is 11.3. The van der Waals surface area contributed by atoms with Crippen LogP contribution in [0.25, 0.3) is 0 Å².